The molecule has 0 radical (unpaired) electrons. The Kier molecular flexibility index (Phi) is 3.61. The summed E-state index contributed by atoms with van der Waals surface area (Å²) in [5.41, 5.74) is 0.861. The predicted octanol–water partition coefficient (Wildman–Crippen LogP) is 2.28. The van der Waals surface area contributed by atoms with Crippen LogP contribution in [-0.2, 0) is 0 Å². The van der Waals surface area contributed by atoms with Crippen LogP contribution in [0.3, 0.4) is 0 Å². The zero-order chi connectivity index (χ0) is 13.8. The first-order chi connectivity index (χ1) is 9.11. The van der Waals surface area contributed by atoms with Gasteiger partial charge in [0.15, 0.2) is 11.5 Å². The smallest absolute Gasteiger partial charge is 0.339 e. The third-order valence-electron chi connectivity index (χ3n) is 2.40. The third kappa shape index (κ3) is 2.79. The molecule has 1 heterocycles. The molecule has 1 aromatic heterocycles. The van der Waals surface area contributed by atoms with Crippen LogP contribution in [0.5, 0.6) is 17.4 Å². The summed E-state index contributed by atoms with van der Waals surface area (Å²) in [6.07, 6.45) is 1.58. The lowest BCUT2D eigenvalue weighted by Gasteiger charge is -2.11. The maximum absolute atomic E-state index is 11.2. The number of methoxy groups -OCH3 is 1. The van der Waals surface area contributed by atoms with Crippen LogP contribution >= 0.6 is 0 Å². The number of para-hydroxylation sites is 1. The number of carbonyl (C=O) groups is 1. The molecule has 0 bridgehead atoms. The molecule has 2 aromatic rings. The van der Waals surface area contributed by atoms with Crippen molar-refractivity contribution in [2.75, 3.05) is 7.11 Å². The second-order valence-electron chi connectivity index (χ2n) is 3.82. The van der Waals surface area contributed by atoms with Crippen molar-refractivity contribution in [2.24, 2.45) is 0 Å². The Balaban J connectivity index is 2.46. The summed E-state index contributed by atoms with van der Waals surface area (Å²) < 4.78 is 10.6. The molecule has 1 N–H and O–H groups in total. The fourth-order valence-electron chi connectivity index (χ4n) is 1.54. The first kappa shape index (κ1) is 12.8. The Labute approximate surface area is 109 Å². The molecule has 0 unspecified atom stereocenters. The Morgan fingerprint density at radius 3 is 2.79 bits per heavy atom. The van der Waals surface area contributed by atoms with Crippen molar-refractivity contribution in [3.05, 3.63) is 41.6 Å². The highest BCUT2D eigenvalue weighted by molar-refractivity contribution is 5.92. The molecule has 0 aliphatic carbocycles. The topological polar surface area (TPSA) is 81.5 Å². The van der Waals surface area contributed by atoms with E-state index in [0.717, 1.165) is 5.56 Å². The Morgan fingerprint density at radius 1 is 1.37 bits per heavy atom. The standard InChI is InChI=1S/C13H12N2O4/c1-8-6-11(15-14-7-8)19-12-9(13(16)17)4-3-5-10(12)18-2/h3-7H,1-2H3,(H,16,17). The van der Waals surface area contributed by atoms with E-state index < -0.39 is 5.97 Å². The molecule has 19 heavy (non-hydrogen) atoms. The average Bonchev–Trinajstić information content (AvgIpc) is 2.38. The molecule has 6 nitrogen and oxygen atoms in total. The van der Waals surface area contributed by atoms with Gasteiger partial charge in [-0.1, -0.05) is 6.07 Å². The lowest BCUT2D eigenvalue weighted by Crippen LogP contribution is -2.03. The molecular formula is C13H12N2O4. The van der Waals surface area contributed by atoms with Crippen LogP contribution in [0.15, 0.2) is 30.5 Å². The number of nitrogens with zero attached hydrogens (tertiary/aromatic N) is 2. The third-order valence-corrected chi connectivity index (χ3v) is 2.40. The molecule has 2 rings (SSSR count). The number of aromatic nitrogens is 2. The highest BCUT2D eigenvalue weighted by Gasteiger charge is 2.17. The van der Waals surface area contributed by atoms with Crippen molar-refractivity contribution >= 4 is 5.97 Å². The minimum atomic E-state index is -1.10. The van der Waals surface area contributed by atoms with E-state index in [4.69, 9.17) is 14.6 Å². The number of ether oxygens (including phenoxy) is 2. The fourth-order valence-corrected chi connectivity index (χ4v) is 1.54. The van der Waals surface area contributed by atoms with E-state index in [0.29, 0.717) is 5.75 Å². The van der Waals surface area contributed by atoms with Crippen LogP contribution in [0.1, 0.15) is 15.9 Å². The van der Waals surface area contributed by atoms with E-state index in [2.05, 4.69) is 10.2 Å². The van der Waals surface area contributed by atoms with Gasteiger partial charge in [-0.25, -0.2) is 4.79 Å². The molecule has 0 saturated heterocycles. The van der Waals surface area contributed by atoms with Crippen molar-refractivity contribution in [3.8, 4) is 17.4 Å². The number of hydrogen-bond donors (Lipinski definition) is 1. The van der Waals surface area contributed by atoms with Gasteiger partial charge in [0.1, 0.15) is 5.56 Å². The van der Waals surface area contributed by atoms with E-state index in [1.54, 1.807) is 24.4 Å². The van der Waals surface area contributed by atoms with Crippen LogP contribution in [-0.4, -0.2) is 28.4 Å². The quantitative estimate of drug-likeness (QED) is 0.908. The molecule has 0 amide bonds. The number of aryl methyl sites for hydroxylation is 1. The normalized spacial score (nSPS) is 10.0. The Hall–Kier alpha value is -2.63. The lowest BCUT2D eigenvalue weighted by molar-refractivity contribution is 0.0693. The van der Waals surface area contributed by atoms with E-state index in [1.165, 1.54) is 13.2 Å². The summed E-state index contributed by atoms with van der Waals surface area (Å²) in [5.74, 6) is -0.456. The minimum Gasteiger partial charge on any atom is -0.493 e. The van der Waals surface area contributed by atoms with Gasteiger partial charge >= 0.3 is 5.97 Å². The van der Waals surface area contributed by atoms with Crippen molar-refractivity contribution in [1.82, 2.24) is 10.2 Å². The largest absolute Gasteiger partial charge is 0.493 e. The summed E-state index contributed by atoms with van der Waals surface area (Å²) in [6, 6.07) is 6.29. The molecule has 0 aliphatic heterocycles. The number of carboxylic acid groups (broad SMARTS) is 1. The molecule has 0 fully saturated rings. The second kappa shape index (κ2) is 5.34. The van der Waals surface area contributed by atoms with Crippen LogP contribution < -0.4 is 9.47 Å². The van der Waals surface area contributed by atoms with Gasteiger partial charge in [0, 0.05) is 6.07 Å². The monoisotopic (exact) mass is 260 g/mol. The van der Waals surface area contributed by atoms with Gasteiger partial charge in [-0.15, -0.1) is 5.10 Å². The van der Waals surface area contributed by atoms with Gasteiger partial charge in [-0.2, -0.15) is 5.10 Å². The first-order valence-corrected chi connectivity index (χ1v) is 5.49. The van der Waals surface area contributed by atoms with Crippen molar-refractivity contribution in [1.29, 1.82) is 0 Å². The fraction of sp³-hybridized carbons (Fsp3) is 0.154. The van der Waals surface area contributed by atoms with Crippen molar-refractivity contribution in [2.45, 2.75) is 6.92 Å². The summed E-state index contributed by atoms with van der Waals surface area (Å²) in [4.78, 5) is 11.2. The molecule has 1 aromatic carbocycles. The van der Waals surface area contributed by atoms with Crippen LogP contribution in [0.4, 0.5) is 0 Å². The number of hydrogen-bond acceptors (Lipinski definition) is 5. The first-order valence-electron chi connectivity index (χ1n) is 5.49. The number of rotatable bonds is 4. The van der Waals surface area contributed by atoms with E-state index >= 15 is 0 Å². The number of benzene rings is 1. The van der Waals surface area contributed by atoms with Gasteiger partial charge < -0.3 is 14.6 Å². The maximum atomic E-state index is 11.2. The van der Waals surface area contributed by atoms with E-state index in [9.17, 15) is 4.79 Å². The molecule has 0 saturated carbocycles. The molecule has 0 spiro atoms. The van der Waals surface area contributed by atoms with E-state index in [-0.39, 0.29) is 17.2 Å². The SMILES string of the molecule is COc1cccc(C(=O)O)c1Oc1cc(C)cnn1. The van der Waals surface area contributed by atoms with Crippen LogP contribution in [0, 0.1) is 6.92 Å². The molecule has 6 heteroatoms. The summed E-state index contributed by atoms with van der Waals surface area (Å²) in [6.45, 7) is 1.84. The molecule has 0 atom stereocenters. The van der Waals surface area contributed by atoms with E-state index in [1.807, 2.05) is 6.92 Å². The summed E-state index contributed by atoms with van der Waals surface area (Å²) >= 11 is 0. The van der Waals surface area contributed by atoms with Crippen molar-refractivity contribution in [3.63, 3.8) is 0 Å². The Bertz CT molecular complexity index is 613. The van der Waals surface area contributed by atoms with Crippen molar-refractivity contribution < 1.29 is 19.4 Å². The highest BCUT2D eigenvalue weighted by atomic mass is 16.5. The zero-order valence-electron chi connectivity index (χ0n) is 10.5. The minimum absolute atomic E-state index is 0.00246. The number of aromatic carboxylic acids is 1. The summed E-state index contributed by atoms with van der Waals surface area (Å²) in [5, 5.41) is 16.7. The van der Waals surface area contributed by atoms with Crippen LogP contribution in [0.25, 0.3) is 0 Å². The highest BCUT2D eigenvalue weighted by Crippen LogP contribution is 2.34. The maximum Gasteiger partial charge on any atom is 0.339 e. The number of carboxylic acids is 1. The molecule has 98 valence electrons. The average molecular weight is 260 g/mol. The predicted molar refractivity (Wildman–Crippen MR) is 66.8 cm³/mol. The Morgan fingerprint density at radius 2 is 2.16 bits per heavy atom. The van der Waals surface area contributed by atoms with Gasteiger partial charge in [-0.05, 0) is 24.6 Å². The lowest BCUT2D eigenvalue weighted by atomic mass is 10.2. The van der Waals surface area contributed by atoms with Gasteiger partial charge in [-0.3, -0.25) is 0 Å². The molecular weight excluding hydrogens is 248 g/mol. The van der Waals surface area contributed by atoms with Crippen LogP contribution in [0.2, 0.25) is 0 Å². The van der Waals surface area contributed by atoms with Gasteiger partial charge in [0.05, 0.1) is 13.3 Å². The summed E-state index contributed by atoms with van der Waals surface area (Å²) in [7, 11) is 1.44. The second-order valence-corrected chi connectivity index (χ2v) is 3.82. The molecule has 0 aliphatic rings. The zero-order valence-corrected chi connectivity index (χ0v) is 10.5. The van der Waals surface area contributed by atoms with Gasteiger partial charge in [0.25, 0.3) is 0 Å². The van der Waals surface area contributed by atoms with Gasteiger partial charge in [0.2, 0.25) is 5.88 Å².